The van der Waals surface area contributed by atoms with Crippen molar-refractivity contribution >= 4 is 46.4 Å². The maximum atomic E-state index is 13.6. The van der Waals surface area contributed by atoms with Crippen molar-refractivity contribution in [3.63, 3.8) is 0 Å². The van der Waals surface area contributed by atoms with Crippen LogP contribution < -0.4 is 10.1 Å². The summed E-state index contributed by atoms with van der Waals surface area (Å²) in [5, 5.41) is 12.3. The molecule has 5 rings (SSSR count). The Balaban J connectivity index is 1.40. The number of Topliss-reactive ketones (excluding diaryl/α,β-unsaturated/α-hetero) is 1. The van der Waals surface area contributed by atoms with Crippen molar-refractivity contribution in [1.29, 1.82) is 0 Å². The minimum atomic E-state index is -0.689. The van der Waals surface area contributed by atoms with Crippen LogP contribution in [0.4, 0.5) is 5.82 Å². The smallest absolute Gasteiger partial charge is 0.265 e. The van der Waals surface area contributed by atoms with E-state index in [4.69, 9.17) is 16.3 Å². The fourth-order valence-corrected chi connectivity index (χ4v) is 5.45. The molecule has 0 bridgehead atoms. The van der Waals surface area contributed by atoms with Gasteiger partial charge in [0.15, 0.2) is 11.6 Å². The van der Waals surface area contributed by atoms with Crippen LogP contribution in [0.2, 0.25) is 5.02 Å². The molecule has 1 aromatic carbocycles. The largest absolute Gasteiger partial charge is 0.495 e. The highest BCUT2D eigenvalue weighted by Crippen LogP contribution is 2.29. The third kappa shape index (κ3) is 5.41. The molecule has 0 aliphatic carbocycles. The highest BCUT2D eigenvalue weighted by atomic mass is 35.5. The van der Waals surface area contributed by atoms with Crippen molar-refractivity contribution in [3.8, 4) is 5.75 Å². The number of thiophene rings is 1. The van der Waals surface area contributed by atoms with Crippen LogP contribution in [0.15, 0.2) is 66.3 Å². The standard InChI is InChI=1S/C27H22ClN5O4S/c1-37-19-13-24(32-30-14-19)31-26(35)20-6-5-16(10-21(20)28)15-33-22(12-18-4-2-3-8-29-18)23(34)11-17-7-9-38-25(17)27(33)36/h2-10,13-14,22H,11-12,15H2,1H3,(H,31,32,35)/t22-/m1/s1. The molecule has 0 saturated heterocycles. The number of carbonyl (C=O) groups excluding carboxylic acids is 3. The third-order valence-electron chi connectivity index (χ3n) is 6.18. The number of nitrogens with zero attached hydrogens (tertiary/aromatic N) is 4. The molecule has 1 aliphatic rings. The molecule has 4 heterocycles. The fourth-order valence-electron chi connectivity index (χ4n) is 4.28. The second kappa shape index (κ2) is 11.1. The molecule has 0 saturated carbocycles. The molecule has 3 aromatic heterocycles. The van der Waals surface area contributed by atoms with E-state index in [0.717, 1.165) is 11.3 Å². The molecule has 9 nitrogen and oxygen atoms in total. The zero-order chi connectivity index (χ0) is 26.6. The van der Waals surface area contributed by atoms with Gasteiger partial charge in [0, 0.05) is 37.3 Å². The maximum absolute atomic E-state index is 13.6. The molecule has 0 radical (unpaired) electrons. The van der Waals surface area contributed by atoms with Gasteiger partial charge in [0.2, 0.25) is 0 Å². The fraction of sp³-hybridized carbons (Fsp3) is 0.185. The summed E-state index contributed by atoms with van der Waals surface area (Å²) in [6.45, 7) is 0.141. The number of carbonyl (C=O) groups is 3. The summed E-state index contributed by atoms with van der Waals surface area (Å²) in [5.74, 6) is -0.0739. The van der Waals surface area contributed by atoms with E-state index in [1.54, 1.807) is 35.4 Å². The van der Waals surface area contributed by atoms with Crippen molar-refractivity contribution in [1.82, 2.24) is 20.1 Å². The lowest BCUT2D eigenvalue weighted by atomic mass is 10.0. The average molecular weight is 548 g/mol. The van der Waals surface area contributed by atoms with Gasteiger partial charge in [-0.3, -0.25) is 19.4 Å². The summed E-state index contributed by atoms with van der Waals surface area (Å²) >= 11 is 7.82. The van der Waals surface area contributed by atoms with E-state index >= 15 is 0 Å². The number of amides is 2. The van der Waals surface area contributed by atoms with Crippen LogP contribution in [-0.4, -0.2) is 50.8 Å². The normalized spacial score (nSPS) is 15.1. The number of pyridine rings is 1. The van der Waals surface area contributed by atoms with Crippen molar-refractivity contribution in [2.24, 2.45) is 0 Å². The molecule has 0 fully saturated rings. The van der Waals surface area contributed by atoms with E-state index in [9.17, 15) is 14.4 Å². The second-order valence-corrected chi connectivity index (χ2v) is 9.96. The molecule has 1 aliphatic heterocycles. The number of ether oxygens (including phenoxy) is 1. The van der Waals surface area contributed by atoms with Gasteiger partial charge < -0.3 is 15.0 Å². The number of hydrogen-bond donors (Lipinski definition) is 1. The molecule has 0 unspecified atom stereocenters. The number of halogens is 1. The lowest BCUT2D eigenvalue weighted by molar-refractivity contribution is -0.122. The van der Waals surface area contributed by atoms with Crippen LogP contribution in [0.25, 0.3) is 0 Å². The van der Waals surface area contributed by atoms with Gasteiger partial charge in [-0.05, 0) is 46.8 Å². The van der Waals surface area contributed by atoms with E-state index in [2.05, 4.69) is 20.5 Å². The first-order valence-electron chi connectivity index (χ1n) is 11.7. The lowest BCUT2D eigenvalue weighted by Crippen LogP contribution is -2.44. The Morgan fingerprint density at radius 2 is 2.08 bits per heavy atom. The van der Waals surface area contributed by atoms with Crippen LogP contribution in [0.5, 0.6) is 5.75 Å². The summed E-state index contributed by atoms with van der Waals surface area (Å²) in [7, 11) is 1.49. The Hall–Kier alpha value is -4.15. The van der Waals surface area contributed by atoms with E-state index in [0.29, 0.717) is 22.6 Å². The monoisotopic (exact) mass is 547 g/mol. The summed E-state index contributed by atoms with van der Waals surface area (Å²) in [6, 6.07) is 13.1. The minimum absolute atomic E-state index is 0.0531. The highest BCUT2D eigenvalue weighted by Gasteiger charge is 2.36. The predicted octanol–water partition coefficient (Wildman–Crippen LogP) is 4.23. The Morgan fingerprint density at radius 3 is 2.84 bits per heavy atom. The van der Waals surface area contributed by atoms with E-state index in [-0.39, 0.29) is 41.1 Å². The van der Waals surface area contributed by atoms with Crippen LogP contribution >= 0.6 is 22.9 Å². The number of ketones is 1. The Labute approximate surface area is 227 Å². The number of nitrogens with one attached hydrogen (secondary N) is 1. The van der Waals surface area contributed by atoms with Crippen molar-refractivity contribution in [3.05, 3.63) is 98.6 Å². The zero-order valence-corrected chi connectivity index (χ0v) is 21.8. The number of methoxy groups -OCH3 is 1. The van der Waals surface area contributed by atoms with E-state index in [1.165, 1.54) is 30.7 Å². The van der Waals surface area contributed by atoms with Gasteiger partial charge in [-0.15, -0.1) is 16.4 Å². The Kier molecular flexibility index (Phi) is 7.43. The summed E-state index contributed by atoms with van der Waals surface area (Å²) < 4.78 is 5.10. The first-order valence-corrected chi connectivity index (χ1v) is 12.9. The van der Waals surface area contributed by atoms with Crippen molar-refractivity contribution < 1.29 is 19.1 Å². The molecule has 11 heteroatoms. The number of hydrogen-bond acceptors (Lipinski definition) is 8. The molecule has 2 amide bonds. The molecule has 0 spiro atoms. The third-order valence-corrected chi connectivity index (χ3v) is 7.44. The topological polar surface area (TPSA) is 114 Å². The van der Waals surface area contributed by atoms with Crippen LogP contribution in [-0.2, 0) is 24.2 Å². The van der Waals surface area contributed by atoms with Gasteiger partial charge >= 0.3 is 0 Å². The summed E-state index contributed by atoms with van der Waals surface area (Å²) in [4.78, 5) is 46.3. The van der Waals surface area contributed by atoms with Crippen LogP contribution in [0.3, 0.4) is 0 Å². The molecule has 192 valence electrons. The molecule has 4 aromatic rings. The molecular formula is C27H22ClN5O4S. The Bertz CT molecular complexity index is 1510. The molecule has 1 atom stereocenters. The van der Waals surface area contributed by atoms with Gasteiger partial charge in [0.1, 0.15) is 5.75 Å². The number of rotatable bonds is 7. The average Bonchev–Trinajstić information content (AvgIpc) is 3.36. The lowest BCUT2D eigenvalue weighted by Gasteiger charge is -2.29. The quantitative estimate of drug-likeness (QED) is 0.368. The number of fused-ring (bicyclic) bond motifs is 1. The van der Waals surface area contributed by atoms with E-state index < -0.39 is 11.9 Å². The van der Waals surface area contributed by atoms with Gasteiger partial charge in [-0.25, -0.2) is 0 Å². The number of aromatic nitrogens is 3. The Morgan fingerprint density at radius 1 is 1.21 bits per heavy atom. The van der Waals surface area contributed by atoms with Crippen LogP contribution in [0.1, 0.15) is 36.9 Å². The first-order chi connectivity index (χ1) is 18.4. The number of anilines is 1. The SMILES string of the molecule is COc1cnnc(NC(=O)c2ccc(CN3C(=O)c4sccc4CC(=O)[C@H]3Cc3ccccn3)cc2Cl)c1. The molecule has 38 heavy (non-hydrogen) atoms. The van der Waals surface area contributed by atoms with Gasteiger partial charge in [-0.1, -0.05) is 23.7 Å². The van der Waals surface area contributed by atoms with Crippen molar-refractivity contribution in [2.45, 2.75) is 25.4 Å². The minimum Gasteiger partial charge on any atom is -0.495 e. The first kappa shape index (κ1) is 25.5. The van der Waals surface area contributed by atoms with Gasteiger partial charge in [0.25, 0.3) is 11.8 Å². The number of benzene rings is 1. The molecular weight excluding hydrogens is 526 g/mol. The van der Waals surface area contributed by atoms with Crippen molar-refractivity contribution in [2.75, 3.05) is 12.4 Å². The second-order valence-electron chi connectivity index (χ2n) is 8.64. The zero-order valence-electron chi connectivity index (χ0n) is 20.3. The van der Waals surface area contributed by atoms with Gasteiger partial charge in [0.05, 0.1) is 34.8 Å². The predicted molar refractivity (Wildman–Crippen MR) is 143 cm³/mol. The maximum Gasteiger partial charge on any atom is 0.265 e. The highest BCUT2D eigenvalue weighted by molar-refractivity contribution is 7.12. The van der Waals surface area contributed by atoms with Crippen LogP contribution in [0, 0.1) is 0 Å². The summed E-state index contributed by atoms with van der Waals surface area (Å²) in [5.41, 5.74) is 2.37. The van der Waals surface area contributed by atoms with Gasteiger partial charge in [-0.2, -0.15) is 5.10 Å². The van der Waals surface area contributed by atoms with E-state index in [1.807, 2.05) is 23.6 Å². The molecule has 1 N–H and O–H groups in total. The summed E-state index contributed by atoms with van der Waals surface area (Å²) in [6.07, 6.45) is 3.58.